The molecule has 0 aromatic carbocycles. The van der Waals surface area contributed by atoms with Gasteiger partial charge in [-0.2, -0.15) is 0 Å². The number of hydrogen-bond donors (Lipinski definition) is 1. The monoisotopic (exact) mass is 250 g/mol. The Kier molecular flexibility index (Phi) is 5.68. The Balaban J connectivity index is 0. The average molecular weight is 251 g/mol. The summed E-state index contributed by atoms with van der Waals surface area (Å²) in [6.45, 7) is 0. The molecule has 1 atom stereocenters. The minimum absolute atomic E-state index is 0. The number of thiophene rings is 1. The van der Waals surface area contributed by atoms with Crippen molar-refractivity contribution in [1.82, 2.24) is 0 Å². The van der Waals surface area contributed by atoms with Gasteiger partial charge >= 0.3 is 29.6 Å². The summed E-state index contributed by atoms with van der Waals surface area (Å²) in [6.07, 6.45) is 0. The van der Waals surface area contributed by atoms with Crippen molar-refractivity contribution >= 4 is 38.3 Å². The van der Waals surface area contributed by atoms with E-state index in [9.17, 15) is 4.21 Å². The molecule has 0 saturated carbocycles. The molecule has 0 amide bonds. The van der Waals surface area contributed by atoms with Gasteiger partial charge in [-0.15, -0.1) is 11.3 Å². The molecular weight excluding hydrogens is 247 g/mol. The zero-order valence-electron chi connectivity index (χ0n) is 6.20. The molecule has 1 N–H and O–H groups in total. The third-order valence-corrected chi connectivity index (χ3v) is 3.30. The van der Waals surface area contributed by atoms with Crippen LogP contribution in [0.4, 0.5) is 0 Å². The zero-order chi connectivity index (χ0) is 6.85. The Bertz CT molecular complexity index is 242. The van der Waals surface area contributed by atoms with Crippen molar-refractivity contribution in [3.8, 4) is 0 Å². The van der Waals surface area contributed by atoms with Crippen LogP contribution in [-0.4, -0.2) is 8.76 Å². The van der Waals surface area contributed by atoms with E-state index in [1.54, 1.807) is 12.1 Å². The maximum atomic E-state index is 10.3. The van der Waals surface area contributed by atoms with Gasteiger partial charge in [0.15, 0.2) is 11.1 Å². The van der Waals surface area contributed by atoms with Crippen molar-refractivity contribution in [3.05, 3.63) is 15.9 Å². The molecule has 52 valence electrons. The number of hydrogen-bond acceptors (Lipinski definition) is 2. The minimum atomic E-state index is -1.82. The second-order valence-electron chi connectivity index (χ2n) is 1.31. The van der Waals surface area contributed by atoms with E-state index in [0.29, 0.717) is 4.21 Å². The van der Waals surface area contributed by atoms with Crippen molar-refractivity contribution in [2.75, 3.05) is 0 Å². The van der Waals surface area contributed by atoms with E-state index in [-0.39, 0.29) is 31.0 Å². The van der Waals surface area contributed by atoms with Crippen LogP contribution in [0, 0.1) is 0 Å². The van der Waals surface area contributed by atoms with Crippen molar-refractivity contribution in [3.63, 3.8) is 0 Å². The molecule has 1 rings (SSSR count). The first-order valence-electron chi connectivity index (χ1n) is 2.06. The van der Waals surface area contributed by atoms with Gasteiger partial charge < -0.3 is 5.98 Å². The van der Waals surface area contributed by atoms with Crippen molar-refractivity contribution in [1.29, 1.82) is 0 Å². The van der Waals surface area contributed by atoms with Gasteiger partial charge in [-0.3, -0.25) is 0 Å². The van der Waals surface area contributed by atoms with Crippen LogP contribution in [0.15, 0.2) is 20.1 Å². The van der Waals surface area contributed by atoms with Gasteiger partial charge in [-0.1, -0.05) is 0 Å². The summed E-state index contributed by atoms with van der Waals surface area (Å²) in [5.41, 5.74) is 0. The predicted octanol–water partition coefficient (Wildman–Crippen LogP) is -0.792. The Morgan fingerprint density at radius 3 is 2.50 bits per heavy atom. The molecule has 0 aliphatic heterocycles. The Morgan fingerprint density at radius 2 is 2.30 bits per heavy atom. The maximum Gasteiger partial charge on any atom is 1.00 e. The van der Waals surface area contributed by atoms with E-state index in [4.69, 9.17) is 4.55 Å². The molecule has 0 spiro atoms. The summed E-state index contributed by atoms with van der Waals surface area (Å²) in [5.74, 6) is 0. The van der Waals surface area contributed by atoms with E-state index in [1.165, 1.54) is 11.3 Å². The van der Waals surface area contributed by atoms with Crippen LogP contribution in [0.5, 0.6) is 0 Å². The average Bonchev–Trinajstić information content (AvgIpc) is 2.14. The molecule has 1 aromatic heterocycles. The molecule has 0 aliphatic carbocycles. The van der Waals surface area contributed by atoms with Crippen molar-refractivity contribution in [2.45, 2.75) is 4.21 Å². The van der Waals surface area contributed by atoms with E-state index < -0.39 is 11.1 Å². The second kappa shape index (κ2) is 5.03. The molecule has 6 heteroatoms. The standard InChI is InChI=1S/C4H3BrO2S2.Na.H/c5-3-1-2-4(8-3)9(6)7;;/h1-2H,(H,6,7);;/q;+1;-1. The molecular formula is C4H4BrNaO2S2. The summed E-state index contributed by atoms with van der Waals surface area (Å²) in [7, 11) is 0. The molecule has 1 unspecified atom stereocenters. The molecule has 1 aromatic rings. The van der Waals surface area contributed by atoms with Crippen LogP contribution in [0.25, 0.3) is 0 Å². The third kappa shape index (κ3) is 3.13. The fourth-order valence-corrected chi connectivity index (χ4v) is 2.57. The van der Waals surface area contributed by atoms with Gasteiger partial charge in [0.05, 0.1) is 3.79 Å². The van der Waals surface area contributed by atoms with Crippen molar-refractivity contribution in [2.24, 2.45) is 0 Å². The van der Waals surface area contributed by atoms with Crippen LogP contribution in [0.2, 0.25) is 0 Å². The smallest absolute Gasteiger partial charge is 1.00 e. The van der Waals surface area contributed by atoms with Crippen LogP contribution in [-0.2, 0) is 11.1 Å². The van der Waals surface area contributed by atoms with E-state index in [0.717, 1.165) is 3.79 Å². The van der Waals surface area contributed by atoms with E-state index in [2.05, 4.69) is 15.9 Å². The molecule has 0 bridgehead atoms. The first-order chi connectivity index (χ1) is 4.20. The molecule has 0 fully saturated rings. The quantitative estimate of drug-likeness (QED) is 0.524. The second-order valence-corrected chi connectivity index (χ2v) is 4.97. The molecule has 2 nitrogen and oxygen atoms in total. The van der Waals surface area contributed by atoms with E-state index in [1.807, 2.05) is 0 Å². The first kappa shape index (κ1) is 11.3. The number of rotatable bonds is 1. The molecule has 0 saturated heterocycles. The van der Waals surface area contributed by atoms with Gasteiger partial charge in [0.1, 0.15) is 4.21 Å². The summed E-state index contributed by atoms with van der Waals surface area (Å²) in [5, 5.41) is 0. The fraction of sp³-hybridized carbons (Fsp3) is 0. The van der Waals surface area contributed by atoms with E-state index >= 15 is 0 Å². The number of halogens is 1. The van der Waals surface area contributed by atoms with Gasteiger partial charge in [-0.25, -0.2) is 4.21 Å². The summed E-state index contributed by atoms with van der Waals surface area (Å²) >= 11 is 2.62. The summed E-state index contributed by atoms with van der Waals surface area (Å²) in [6, 6.07) is 3.36. The Labute approximate surface area is 97.2 Å². The van der Waals surface area contributed by atoms with Gasteiger partial charge in [0.25, 0.3) is 0 Å². The third-order valence-electron chi connectivity index (χ3n) is 0.721. The normalized spacial score (nSPS) is 12.2. The van der Waals surface area contributed by atoms with Gasteiger partial charge in [0, 0.05) is 0 Å². The van der Waals surface area contributed by atoms with Gasteiger partial charge in [0.2, 0.25) is 0 Å². The van der Waals surface area contributed by atoms with Gasteiger partial charge in [-0.05, 0) is 28.1 Å². The minimum Gasteiger partial charge on any atom is -1.00 e. The first-order valence-corrected chi connectivity index (χ1v) is 4.78. The summed E-state index contributed by atoms with van der Waals surface area (Å²) in [4.78, 5) is 0. The molecule has 0 radical (unpaired) electrons. The Hall–Kier alpha value is 1.29. The van der Waals surface area contributed by atoms with Crippen LogP contribution >= 0.6 is 27.3 Å². The molecule has 10 heavy (non-hydrogen) atoms. The van der Waals surface area contributed by atoms with Crippen LogP contribution in [0.1, 0.15) is 1.43 Å². The SMILES string of the molecule is O=S(O)c1ccc(Br)s1.[H-].[Na+]. The van der Waals surface area contributed by atoms with Crippen LogP contribution in [0.3, 0.4) is 0 Å². The largest absolute Gasteiger partial charge is 1.00 e. The van der Waals surface area contributed by atoms with Crippen LogP contribution < -0.4 is 29.6 Å². The predicted molar refractivity (Wildman–Crippen MR) is 42.2 cm³/mol. The summed E-state index contributed by atoms with van der Waals surface area (Å²) < 4.78 is 20.2. The molecule has 1 heterocycles. The molecule has 0 aliphatic rings. The topological polar surface area (TPSA) is 37.3 Å². The van der Waals surface area contributed by atoms with Crippen molar-refractivity contribution < 1.29 is 39.7 Å². The Morgan fingerprint density at radius 1 is 1.70 bits per heavy atom. The maximum absolute atomic E-state index is 10.3. The zero-order valence-corrected chi connectivity index (χ0v) is 10.4. The fourth-order valence-electron chi connectivity index (χ4n) is 0.392.